The second kappa shape index (κ2) is 11.9. The van der Waals surface area contributed by atoms with Crippen LogP contribution in [-0.2, 0) is 23.4 Å². The molecule has 0 bridgehead atoms. The molecule has 1 aliphatic heterocycles. The van der Waals surface area contributed by atoms with Crippen molar-refractivity contribution in [2.24, 2.45) is 11.3 Å². The number of esters is 1. The fraction of sp³-hybridized carbons (Fsp3) is 0.480. The van der Waals surface area contributed by atoms with Crippen molar-refractivity contribution >= 4 is 13.7 Å². The summed E-state index contributed by atoms with van der Waals surface area (Å²) < 4.78 is 37.5. The molecule has 0 amide bonds. The number of rotatable bonds is 10. The molecule has 2 aromatic rings. The number of terminal acetylenes is 1. The molecule has 5 atom stereocenters. The molecule has 1 aliphatic rings. The predicted molar refractivity (Wildman–Crippen MR) is 136 cm³/mol. The lowest BCUT2D eigenvalue weighted by atomic mass is 9.99. The molecule has 2 heterocycles. The van der Waals surface area contributed by atoms with E-state index in [-0.39, 0.29) is 24.4 Å². The molecule has 1 unspecified atom stereocenters. The third-order valence-electron chi connectivity index (χ3n) is 5.28. The summed E-state index contributed by atoms with van der Waals surface area (Å²) in [5.41, 5.74) is -1.45. The fourth-order valence-corrected chi connectivity index (χ4v) is 5.01. The van der Waals surface area contributed by atoms with Gasteiger partial charge in [-0.1, -0.05) is 44.9 Å². The Morgan fingerprint density at radius 1 is 1.30 bits per heavy atom. The van der Waals surface area contributed by atoms with Gasteiger partial charge in [0.1, 0.15) is 11.8 Å². The number of ether oxygens (including phenoxy) is 2. The number of nitrogens with zero attached hydrogens (tertiary/aromatic N) is 1. The van der Waals surface area contributed by atoms with E-state index in [9.17, 15) is 18.9 Å². The van der Waals surface area contributed by atoms with Crippen LogP contribution in [-0.4, -0.2) is 40.9 Å². The zero-order valence-electron chi connectivity index (χ0n) is 21.2. The van der Waals surface area contributed by atoms with Crippen molar-refractivity contribution < 1.29 is 27.9 Å². The van der Waals surface area contributed by atoms with Gasteiger partial charge in [-0.15, -0.1) is 6.42 Å². The molecule has 200 valence electrons. The van der Waals surface area contributed by atoms with Crippen LogP contribution >= 0.6 is 7.75 Å². The molecule has 1 aromatic carbocycles. The van der Waals surface area contributed by atoms with Crippen LogP contribution in [0.25, 0.3) is 0 Å². The number of para-hydroxylation sites is 1. The minimum Gasteiger partial charge on any atom is -0.464 e. The monoisotopic (exact) mass is 533 g/mol. The van der Waals surface area contributed by atoms with Gasteiger partial charge in [0, 0.05) is 12.3 Å². The smallest absolute Gasteiger partial charge is 0.459 e. The summed E-state index contributed by atoms with van der Waals surface area (Å²) in [6.45, 7) is 7.22. The first-order valence-corrected chi connectivity index (χ1v) is 13.3. The molecular weight excluding hydrogens is 501 g/mol. The van der Waals surface area contributed by atoms with E-state index in [2.05, 4.69) is 16.0 Å². The van der Waals surface area contributed by atoms with Gasteiger partial charge in [-0.05, 0) is 30.9 Å². The first-order chi connectivity index (χ1) is 17.4. The molecule has 1 aromatic heterocycles. The molecule has 12 heteroatoms. The van der Waals surface area contributed by atoms with E-state index in [1.165, 1.54) is 23.8 Å². The van der Waals surface area contributed by atoms with Crippen LogP contribution in [0.4, 0.5) is 0 Å². The van der Waals surface area contributed by atoms with Crippen molar-refractivity contribution in [2.75, 3.05) is 13.2 Å². The number of H-pyrrole nitrogens is 1. The average molecular weight is 534 g/mol. The lowest BCUT2D eigenvalue weighted by molar-refractivity contribution is -0.148. The summed E-state index contributed by atoms with van der Waals surface area (Å²) in [6.07, 6.45) is 5.74. The molecule has 1 saturated heterocycles. The van der Waals surface area contributed by atoms with Crippen molar-refractivity contribution in [3.05, 3.63) is 63.4 Å². The van der Waals surface area contributed by atoms with E-state index in [0.29, 0.717) is 6.42 Å². The molecule has 1 fully saturated rings. The van der Waals surface area contributed by atoms with Gasteiger partial charge < -0.3 is 14.0 Å². The van der Waals surface area contributed by atoms with Crippen molar-refractivity contribution in [1.29, 1.82) is 0 Å². The normalized spacial score (nSPS) is 22.0. The first-order valence-electron chi connectivity index (χ1n) is 11.8. The van der Waals surface area contributed by atoms with Crippen LogP contribution < -0.4 is 20.9 Å². The zero-order chi connectivity index (χ0) is 27.2. The lowest BCUT2D eigenvalue weighted by Crippen LogP contribution is -2.37. The summed E-state index contributed by atoms with van der Waals surface area (Å²) in [6, 6.07) is 8.54. The molecule has 2 N–H and O–H groups in total. The fourth-order valence-electron chi connectivity index (χ4n) is 3.49. The third-order valence-corrected chi connectivity index (χ3v) is 6.93. The van der Waals surface area contributed by atoms with E-state index >= 15 is 0 Å². The van der Waals surface area contributed by atoms with Gasteiger partial charge in [0.25, 0.3) is 5.56 Å². The van der Waals surface area contributed by atoms with Gasteiger partial charge in [0.15, 0.2) is 6.23 Å². The predicted octanol–water partition coefficient (Wildman–Crippen LogP) is 2.84. The quantitative estimate of drug-likeness (QED) is 0.268. The molecule has 0 saturated carbocycles. The maximum Gasteiger partial charge on any atom is 0.459 e. The van der Waals surface area contributed by atoms with Crippen LogP contribution in [0.15, 0.2) is 52.2 Å². The molecular formula is C25H32N3O8P. The number of hydrogen-bond donors (Lipinski definition) is 2. The SMILES string of the molecule is C#C[C@H]1C[C@@H](COP(=O)(N[C@@H](C)C(=O)OCC(C)(C)C)Oc2ccccc2)O[C@H]1n1ccc(=O)[nH]c1=O. The molecule has 0 aliphatic carbocycles. The minimum atomic E-state index is -4.10. The van der Waals surface area contributed by atoms with Crippen LogP contribution in [0.1, 0.15) is 40.3 Å². The highest BCUT2D eigenvalue weighted by molar-refractivity contribution is 7.52. The Kier molecular flexibility index (Phi) is 9.16. The summed E-state index contributed by atoms with van der Waals surface area (Å²) in [5, 5.41) is 2.63. The number of aromatic amines is 1. The summed E-state index contributed by atoms with van der Waals surface area (Å²) >= 11 is 0. The molecule has 0 spiro atoms. The molecule has 37 heavy (non-hydrogen) atoms. The number of benzene rings is 1. The number of nitrogens with one attached hydrogen (secondary N) is 2. The van der Waals surface area contributed by atoms with Crippen LogP contribution in [0.3, 0.4) is 0 Å². The van der Waals surface area contributed by atoms with Crippen molar-refractivity contribution in [1.82, 2.24) is 14.6 Å². The maximum atomic E-state index is 13.7. The Bertz CT molecular complexity index is 1280. The highest BCUT2D eigenvalue weighted by Gasteiger charge is 2.39. The largest absolute Gasteiger partial charge is 0.464 e. The zero-order valence-corrected chi connectivity index (χ0v) is 22.1. The van der Waals surface area contributed by atoms with E-state index < -0.39 is 49.3 Å². The number of aromatic nitrogens is 2. The van der Waals surface area contributed by atoms with Gasteiger partial charge in [0.2, 0.25) is 0 Å². The summed E-state index contributed by atoms with van der Waals surface area (Å²) in [7, 11) is -4.10. The van der Waals surface area contributed by atoms with Crippen molar-refractivity contribution in [3.8, 4) is 18.1 Å². The highest BCUT2D eigenvalue weighted by Crippen LogP contribution is 2.46. The Morgan fingerprint density at radius 3 is 2.62 bits per heavy atom. The van der Waals surface area contributed by atoms with Crippen molar-refractivity contribution in [2.45, 2.75) is 52.5 Å². The molecule has 11 nitrogen and oxygen atoms in total. The lowest BCUT2D eigenvalue weighted by Gasteiger charge is -2.25. The van der Waals surface area contributed by atoms with Crippen molar-refractivity contribution in [3.63, 3.8) is 0 Å². The van der Waals surface area contributed by atoms with Gasteiger partial charge in [0.05, 0.1) is 25.2 Å². The highest BCUT2D eigenvalue weighted by atomic mass is 31.2. The summed E-state index contributed by atoms with van der Waals surface area (Å²) in [5.74, 6) is 1.73. The topological polar surface area (TPSA) is 138 Å². The van der Waals surface area contributed by atoms with E-state index in [0.717, 1.165) is 0 Å². The van der Waals surface area contributed by atoms with Gasteiger partial charge in [-0.25, -0.2) is 9.36 Å². The van der Waals surface area contributed by atoms with Gasteiger partial charge in [-0.3, -0.25) is 23.7 Å². The Morgan fingerprint density at radius 2 is 2.00 bits per heavy atom. The van der Waals surface area contributed by atoms with Crippen LogP contribution in [0, 0.1) is 23.7 Å². The Labute approximate surface area is 215 Å². The molecule has 3 rings (SSSR count). The first kappa shape index (κ1) is 28.4. The average Bonchev–Trinajstić information content (AvgIpc) is 3.24. The third kappa shape index (κ3) is 8.17. The van der Waals surface area contributed by atoms with E-state index in [1.807, 2.05) is 20.8 Å². The number of carbonyl (C=O) groups is 1. The maximum absolute atomic E-state index is 13.7. The van der Waals surface area contributed by atoms with Gasteiger partial charge in [-0.2, -0.15) is 5.09 Å². The Balaban J connectivity index is 1.72. The van der Waals surface area contributed by atoms with Crippen LogP contribution in [0.2, 0.25) is 0 Å². The van der Waals surface area contributed by atoms with E-state index in [1.54, 1.807) is 30.3 Å². The molecule has 0 radical (unpaired) electrons. The minimum absolute atomic E-state index is 0.178. The standard InChI is InChI=1S/C25H32N3O8P/c1-6-18-14-20(35-22(18)28-13-12-21(29)26-24(28)31)15-34-37(32,36-19-10-8-7-9-11-19)27-17(2)23(30)33-16-25(3,4)5/h1,7-13,17-18,20,22H,14-16H2,2-5H3,(H,27,32)(H,26,29,31)/t17-,18-,20-,22+,37?/m0/s1. The van der Waals surface area contributed by atoms with E-state index in [4.69, 9.17) is 24.9 Å². The second-order valence-electron chi connectivity index (χ2n) is 9.89. The second-order valence-corrected chi connectivity index (χ2v) is 11.6. The summed E-state index contributed by atoms with van der Waals surface area (Å²) in [4.78, 5) is 38.3. The number of hydrogen-bond acceptors (Lipinski definition) is 8. The number of carbonyl (C=O) groups excluding carboxylic acids is 1. The van der Waals surface area contributed by atoms with Crippen LogP contribution in [0.5, 0.6) is 5.75 Å². The van der Waals surface area contributed by atoms with Gasteiger partial charge >= 0.3 is 19.4 Å². The Hall–Kier alpha value is -3.16.